The first-order valence-corrected chi connectivity index (χ1v) is 11.5. The summed E-state index contributed by atoms with van der Waals surface area (Å²) >= 11 is 0. The number of methoxy groups -OCH3 is 1. The first-order chi connectivity index (χ1) is 15.4. The Hall–Kier alpha value is -3.12. The minimum atomic E-state index is -3.80. The Morgan fingerprint density at radius 3 is 2.70 bits per heavy atom. The van der Waals surface area contributed by atoms with Crippen molar-refractivity contribution in [3.8, 4) is 5.88 Å². The lowest BCUT2D eigenvalue weighted by molar-refractivity contribution is 0.0886. The van der Waals surface area contributed by atoms with Crippen molar-refractivity contribution < 1.29 is 26.7 Å². The van der Waals surface area contributed by atoms with Crippen molar-refractivity contribution >= 4 is 27.9 Å². The fourth-order valence-electron chi connectivity index (χ4n) is 3.33. The summed E-state index contributed by atoms with van der Waals surface area (Å²) < 4.78 is 65.6. The molecule has 0 aliphatic carbocycles. The van der Waals surface area contributed by atoms with E-state index >= 15 is 0 Å². The number of hydrogen-bond acceptors (Lipinski definition) is 8. The van der Waals surface area contributed by atoms with Crippen LogP contribution in [0.3, 0.4) is 0 Å². The van der Waals surface area contributed by atoms with Gasteiger partial charge in [0.05, 0.1) is 24.8 Å². The Morgan fingerprint density at radius 1 is 1.36 bits per heavy atom. The highest BCUT2D eigenvalue weighted by Gasteiger charge is 2.41. The average molecular weight is 482 g/mol. The van der Waals surface area contributed by atoms with Gasteiger partial charge >= 0.3 is 0 Å². The highest BCUT2D eigenvalue weighted by Crippen LogP contribution is 2.34. The van der Waals surface area contributed by atoms with Crippen LogP contribution in [0.1, 0.15) is 30.7 Å². The van der Waals surface area contributed by atoms with E-state index in [9.17, 15) is 17.2 Å². The number of hydrogen-bond donors (Lipinski definition) is 1. The van der Waals surface area contributed by atoms with Crippen LogP contribution < -0.4 is 10.5 Å². The summed E-state index contributed by atoms with van der Waals surface area (Å²) in [5, 5.41) is 0. The van der Waals surface area contributed by atoms with E-state index in [0.29, 0.717) is 6.61 Å². The molecule has 2 atom stereocenters. The topological polar surface area (TPSA) is 120 Å². The van der Waals surface area contributed by atoms with Crippen LogP contribution >= 0.6 is 0 Å². The summed E-state index contributed by atoms with van der Waals surface area (Å²) in [6.07, 6.45) is 3.38. The molecule has 1 aliphatic rings. The molecule has 2 unspecified atom stereocenters. The minimum Gasteiger partial charge on any atom is -0.471 e. The molecule has 0 saturated carbocycles. The van der Waals surface area contributed by atoms with E-state index in [1.807, 2.05) is 0 Å². The Labute approximate surface area is 191 Å². The van der Waals surface area contributed by atoms with Gasteiger partial charge in [-0.2, -0.15) is 0 Å². The van der Waals surface area contributed by atoms with Crippen LogP contribution in [0.5, 0.6) is 5.88 Å². The zero-order chi connectivity index (χ0) is 24.4. The molecule has 12 heteroatoms. The molecule has 0 saturated heterocycles. The van der Waals surface area contributed by atoms with Crippen molar-refractivity contribution in [1.82, 2.24) is 14.3 Å². The molecule has 178 valence electrons. The van der Waals surface area contributed by atoms with E-state index in [4.69, 9.17) is 15.2 Å². The van der Waals surface area contributed by atoms with Crippen LogP contribution in [0.25, 0.3) is 11.9 Å². The number of nitrogens with zero attached hydrogens (tertiary/aromatic N) is 4. The molecule has 0 fully saturated rings. The van der Waals surface area contributed by atoms with Gasteiger partial charge < -0.3 is 15.2 Å². The lowest BCUT2D eigenvalue weighted by Crippen LogP contribution is -2.50. The number of guanidine groups is 1. The molecule has 2 N–H and O–H groups in total. The van der Waals surface area contributed by atoms with Crippen LogP contribution in [0.4, 0.5) is 8.78 Å². The summed E-state index contributed by atoms with van der Waals surface area (Å²) in [6, 6.07) is 3.82. The SMILES string of the molecule is COCC(C)Oc1cnc(/C(F)=C/c2ccc(F)c(C3(C)CS(=O)(=O)N(C)C(N)=N3)c2)cn1. The second-order valence-electron chi connectivity index (χ2n) is 7.82. The van der Waals surface area contributed by atoms with E-state index in [1.54, 1.807) is 14.0 Å². The number of halogens is 2. The third kappa shape index (κ3) is 5.45. The zero-order valence-electron chi connectivity index (χ0n) is 18.6. The molecule has 2 aromatic rings. The van der Waals surface area contributed by atoms with Gasteiger partial charge in [-0.3, -0.25) is 0 Å². The number of aromatic nitrogens is 2. The fourth-order valence-corrected chi connectivity index (χ4v) is 4.78. The number of ether oxygens (including phenoxy) is 2. The smallest absolute Gasteiger partial charge is 0.239 e. The Balaban J connectivity index is 1.89. The average Bonchev–Trinajstić information content (AvgIpc) is 2.73. The molecule has 3 rings (SSSR count). The molecule has 1 aromatic carbocycles. The lowest BCUT2D eigenvalue weighted by atomic mass is 9.92. The second kappa shape index (κ2) is 9.40. The van der Waals surface area contributed by atoms with Gasteiger partial charge in [-0.25, -0.2) is 36.5 Å². The van der Waals surface area contributed by atoms with Crippen molar-refractivity contribution in [2.45, 2.75) is 25.5 Å². The summed E-state index contributed by atoms with van der Waals surface area (Å²) in [6.45, 7) is 3.61. The molecule has 0 radical (unpaired) electrons. The molecule has 2 heterocycles. The van der Waals surface area contributed by atoms with E-state index in [0.717, 1.165) is 16.4 Å². The molecule has 0 amide bonds. The molecule has 1 aromatic heterocycles. The van der Waals surface area contributed by atoms with Gasteiger partial charge in [0.25, 0.3) is 0 Å². The van der Waals surface area contributed by atoms with Gasteiger partial charge in [0.1, 0.15) is 23.2 Å². The number of aliphatic imine (C=N–C) groups is 1. The molecule has 1 aliphatic heterocycles. The van der Waals surface area contributed by atoms with Crippen molar-refractivity contribution in [3.63, 3.8) is 0 Å². The van der Waals surface area contributed by atoms with Crippen LogP contribution in [0.2, 0.25) is 0 Å². The molecule has 33 heavy (non-hydrogen) atoms. The first-order valence-electron chi connectivity index (χ1n) is 9.92. The van der Waals surface area contributed by atoms with E-state index in [1.165, 1.54) is 38.5 Å². The Kier molecular flexibility index (Phi) is 6.98. The summed E-state index contributed by atoms with van der Waals surface area (Å²) in [5.74, 6) is -1.93. The molecular formula is C21H25F2N5O4S. The van der Waals surface area contributed by atoms with Crippen molar-refractivity contribution in [1.29, 1.82) is 0 Å². The fraction of sp³-hybridized carbons (Fsp3) is 0.381. The van der Waals surface area contributed by atoms with Crippen molar-refractivity contribution in [2.75, 3.05) is 26.5 Å². The zero-order valence-corrected chi connectivity index (χ0v) is 19.4. The summed E-state index contributed by atoms with van der Waals surface area (Å²) in [4.78, 5) is 12.2. The van der Waals surface area contributed by atoms with E-state index < -0.39 is 33.0 Å². The van der Waals surface area contributed by atoms with Gasteiger partial charge in [-0.15, -0.1) is 0 Å². The maximum atomic E-state index is 14.8. The predicted octanol–water partition coefficient (Wildman–Crippen LogP) is 2.30. The normalized spacial score (nSPS) is 21.5. The number of rotatable bonds is 7. The summed E-state index contributed by atoms with van der Waals surface area (Å²) in [7, 11) is -0.979. The van der Waals surface area contributed by atoms with Gasteiger partial charge in [0.2, 0.25) is 21.9 Å². The van der Waals surface area contributed by atoms with Crippen LogP contribution in [0, 0.1) is 5.82 Å². The Morgan fingerprint density at radius 2 is 2.09 bits per heavy atom. The maximum absolute atomic E-state index is 14.8. The Bertz CT molecular complexity index is 1190. The predicted molar refractivity (Wildman–Crippen MR) is 120 cm³/mol. The standard InChI is InChI=1S/C21H25F2N5O4S/c1-13(11-31-4)32-19-10-25-18(9-26-19)17(23)8-14-5-6-16(22)15(7-14)21(2)12-33(29,30)28(3)20(24)27-21/h5-10,13H,11-12H2,1-4H3,(H2,24,27)/b17-8-. The highest BCUT2D eigenvalue weighted by molar-refractivity contribution is 7.89. The van der Waals surface area contributed by atoms with E-state index in [2.05, 4.69) is 15.0 Å². The van der Waals surface area contributed by atoms with Crippen molar-refractivity contribution in [2.24, 2.45) is 10.7 Å². The van der Waals surface area contributed by atoms with Crippen LogP contribution in [-0.4, -0.2) is 61.3 Å². The lowest BCUT2D eigenvalue weighted by Gasteiger charge is -2.34. The van der Waals surface area contributed by atoms with Gasteiger partial charge in [-0.1, -0.05) is 6.07 Å². The molecule has 9 nitrogen and oxygen atoms in total. The molecular weight excluding hydrogens is 456 g/mol. The number of benzene rings is 1. The highest BCUT2D eigenvalue weighted by atomic mass is 32.2. The number of sulfonamides is 1. The second-order valence-corrected chi connectivity index (χ2v) is 9.82. The largest absolute Gasteiger partial charge is 0.471 e. The molecule has 0 spiro atoms. The first kappa shape index (κ1) is 24.5. The third-order valence-corrected chi connectivity index (χ3v) is 6.97. The van der Waals surface area contributed by atoms with Crippen LogP contribution in [-0.2, 0) is 20.3 Å². The quantitative estimate of drug-likeness (QED) is 0.644. The maximum Gasteiger partial charge on any atom is 0.239 e. The van der Waals surface area contributed by atoms with Crippen LogP contribution in [0.15, 0.2) is 35.6 Å². The van der Waals surface area contributed by atoms with Gasteiger partial charge in [0, 0.05) is 19.7 Å². The molecule has 0 bridgehead atoms. The minimum absolute atomic E-state index is 0.0226. The van der Waals surface area contributed by atoms with E-state index in [-0.39, 0.29) is 34.8 Å². The number of nitrogens with two attached hydrogens (primary N) is 1. The third-order valence-electron chi connectivity index (χ3n) is 5.02. The summed E-state index contributed by atoms with van der Waals surface area (Å²) in [5.41, 5.74) is 4.47. The van der Waals surface area contributed by atoms with Gasteiger partial charge in [-0.05, 0) is 37.6 Å². The monoisotopic (exact) mass is 481 g/mol. The van der Waals surface area contributed by atoms with Crippen molar-refractivity contribution in [3.05, 3.63) is 53.2 Å². The van der Waals surface area contributed by atoms with Gasteiger partial charge in [0.15, 0.2) is 5.83 Å².